The monoisotopic (exact) mass is 466 g/mol. The van der Waals surface area contributed by atoms with Crippen molar-refractivity contribution in [2.75, 3.05) is 11.5 Å². The van der Waals surface area contributed by atoms with Crippen LogP contribution in [-0.2, 0) is 16.1 Å². The fourth-order valence-electron chi connectivity index (χ4n) is 4.99. The number of ether oxygens (including phenoxy) is 1. The van der Waals surface area contributed by atoms with Crippen LogP contribution in [0, 0.1) is 13.8 Å². The van der Waals surface area contributed by atoms with E-state index in [1.54, 1.807) is 18.7 Å². The first-order valence-electron chi connectivity index (χ1n) is 12.2. The first kappa shape index (κ1) is 24.0. The molecule has 2 amide bonds. The fourth-order valence-corrected chi connectivity index (χ4v) is 4.99. The summed E-state index contributed by atoms with van der Waals surface area (Å²) in [5, 5.41) is 7.58. The summed E-state index contributed by atoms with van der Waals surface area (Å²) in [5.41, 5.74) is 1.70. The Labute approximate surface area is 200 Å². The average molecular weight is 467 g/mol. The number of rotatable bonds is 5. The van der Waals surface area contributed by atoms with Crippen LogP contribution in [0.4, 0.5) is 5.69 Å². The van der Waals surface area contributed by atoms with E-state index in [0.717, 1.165) is 36.8 Å². The Hall–Kier alpha value is -3.16. The molecule has 0 bridgehead atoms. The van der Waals surface area contributed by atoms with Crippen LogP contribution in [0.3, 0.4) is 0 Å². The summed E-state index contributed by atoms with van der Waals surface area (Å²) < 4.78 is 6.56. The van der Waals surface area contributed by atoms with Gasteiger partial charge in [-0.3, -0.25) is 19.2 Å². The molecule has 1 saturated carbocycles. The SMILES string of the molecule is CCOC(=O)c1cc2n(n1)C[C@@](C)(C(=O)NC1CCCCCC1)N(c1cc(C)ccc1C)C2=O. The lowest BCUT2D eigenvalue weighted by Crippen LogP contribution is -2.65. The normalized spacial score (nSPS) is 21.1. The minimum absolute atomic E-state index is 0.0690. The van der Waals surface area contributed by atoms with E-state index >= 15 is 0 Å². The first-order chi connectivity index (χ1) is 16.2. The van der Waals surface area contributed by atoms with E-state index in [0.29, 0.717) is 5.69 Å². The third kappa shape index (κ3) is 4.45. The van der Waals surface area contributed by atoms with E-state index < -0.39 is 11.5 Å². The van der Waals surface area contributed by atoms with Gasteiger partial charge in [0.1, 0.15) is 11.2 Å². The zero-order chi connectivity index (χ0) is 24.5. The van der Waals surface area contributed by atoms with Crippen molar-refractivity contribution in [2.24, 2.45) is 0 Å². The summed E-state index contributed by atoms with van der Waals surface area (Å²) in [6.45, 7) is 7.75. The highest BCUT2D eigenvalue weighted by Gasteiger charge is 2.50. The number of hydrogen-bond donors (Lipinski definition) is 1. The number of benzene rings is 1. The maximum atomic E-state index is 13.9. The summed E-state index contributed by atoms with van der Waals surface area (Å²) in [6, 6.07) is 7.43. The molecule has 0 unspecified atom stereocenters. The van der Waals surface area contributed by atoms with Gasteiger partial charge in [-0.2, -0.15) is 5.10 Å². The number of esters is 1. The number of anilines is 1. The third-order valence-electron chi connectivity index (χ3n) is 6.92. The van der Waals surface area contributed by atoms with E-state index in [1.807, 2.05) is 32.0 Å². The Balaban J connectivity index is 1.77. The first-order valence-corrected chi connectivity index (χ1v) is 12.2. The van der Waals surface area contributed by atoms with Gasteiger partial charge in [-0.1, -0.05) is 37.8 Å². The molecule has 4 rings (SSSR count). The van der Waals surface area contributed by atoms with Gasteiger partial charge >= 0.3 is 5.97 Å². The number of hydrogen-bond acceptors (Lipinski definition) is 5. The molecule has 1 aliphatic carbocycles. The van der Waals surface area contributed by atoms with E-state index in [-0.39, 0.29) is 42.4 Å². The van der Waals surface area contributed by atoms with E-state index in [4.69, 9.17) is 4.74 Å². The topological polar surface area (TPSA) is 93.5 Å². The number of aromatic nitrogens is 2. The van der Waals surface area contributed by atoms with Gasteiger partial charge in [-0.25, -0.2) is 4.79 Å². The molecule has 0 saturated heterocycles. The maximum absolute atomic E-state index is 13.9. The van der Waals surface area contributed by atoms with Gasteiger partial charge < -0.3 is 10.1 Å². The summed E-state index contributed by atoms with van der Waals surface area (Å²) >= 11 is 0. The number of aryl methyl sites for hydroxylation is 2. The highest BCUT2D eigenvalue weighted by Crippen LogP contribution is 2.35. The number of amides is 2. The lowest BCUT2D eigenvalue weighted by molar-refractivity contribution is -0.127. The Morgan fingerprint density at radius 2 is 1.85 bits per heavy atom. The third-order valence-corrected chi connectivity index (χ3v) is 6.92. The van der Waals surface area contributed by atoms with Crippen molar-refractivity contribution in [2.45, 2.75) is 84.3 Å². The Bertz CT molecular complexity index is 1100. The van der Waals surface area contributed by atoms with Crippen LogP contribution in [-0.4, -0.2) is 45.8 Å². The Morgan fingerprint density at radius 3 is 2.53 bits per heavy atom. The van der Waals surface area contributed by atoms with Crippen molar-refractivity contribution in [3.63, 3.8) is 0 Å². The molecule has 0 radical (unpaired) electrons. The molecule has 8 heteroatoms. The van der Waals surface area contributed by atoms with Crippen molar-refractivity contribution in [1.29, 1.82) is 0 Å². The molecule has 1 fully saturated rings. The number of carbonyl (C=O) groups excluding carboxylic acids is 3. The van der Waals surface area contributed by atoms with Crippen molar-refractivity contribution in [1.82, 2.24) is 15.1 Å². The van der Waals surface area contributed by atoms with Crippen LogP contribution in [0.25, 0.3) is 0 Å². The fraction of sp³-hybridized carbons (Fsp3) is 0.538. The molecule has 8 nitrogen and oxygen atoms in total. The predicted octanol–water partition coefficient (Wildman–Crippen LogP) is 3.93. The summed E-state index contributed by atoms with van der Waals surface area (Å²) in [4.78, 5) is 41.6. The zero-order valence-corrected chi connectivity index (χ0v) is 20.5. The summed E-state index contributed by atoms with van der Waals surface area (Å²) in [6.07, 6.45) is 6.44. The van der Waals surface area contributed by atoms with Crippen molar-refractivity contribution >= 4 is 23.5 Å². The molecule has 2 aromatic rings. The molecular weight excluding hydrogens is 432 g/mol. The highest BCUT2D eigenvalue weighted by atomic mass is 16.5. The smallest absolute Gasteiger partial charge is 0.358 e. The van der Waals surface area contributed by atoms with Crippen molar-refractivity contribution in [3.8, 4) is 0 Å². The summed E-state index contributed by atoms with van der Waals surface area (Å²) in [7, 11) is 0. The van der Waals surface area contributed by atoms with Gasteiger partial charge in [-0.15, -0.1) is 0 Å². The largest absolute Gasteiger partial charge is 0.461 e. The van der Waals surface area contributed by atoms with Crippen LogP contribution >= 0.6 is 0 Å². The Kier molecular flexibility index (Phi) is 6.77. The molecule has 2 heterocycles. The van der Waals surface area contributed by atoms with Crippen LogP contribution in [0.2, 0.25) is 0 Å². The van der Waals surface area contributed by atoms with Crippen LogP contribution in [0.5, 0.6) is 0 Å². The lowest BCUT2D eigenvalue weighted by atomic mass is 9.92. The van der Waals surface area contributed by atoms with Gasteiger partial charge in [0.15, 0.2) is 5.69 Å². The maximum Gasteiger partial charge on any atom is 0.358 e. The molecule has 1 aliphatic heterocycles. The lowest BCUT2D eigenvalue weighted by Gasteiger charge is -2.44. The molecule has 1 N–H and O–H groups in total. The second-order valence-corrected chi connectivity index (χ2v) is 9.66. The quantitative estimate of drug-likeness (QED) is 0.532. The van der Waals surface area contributed by atoms with Gasteiger partial charge in [0.2, 0.25) is 5.91 Å². The van der Waals surface area contributed by atoms with E-state index in [2.05, 4.69) is 10.4 Å². The number of fused-ring (bicyclic) bond motifs is 1. The van der Waals surface area contributed by atoms with Crippen molar-refractivity contribution < 1.29 is 19.1 Å². The Morgan fingerprint density at radius 1 is 1.15 bits per heavy atom. The van der Waals surface area contributed by atoms with Gasteiger partial charge in [-0.05, 0) is 57.7 Å². The van der Waals surface area contributed by atoms with Crippen LogP contribution in [0.15, 0.2) is 24.3 Å². The number of carbonyl (C=O) groups is 3. The molecule has 182 valence electrons. The number of nitrogens with one attached hydrogen (secondary N) is 1. The van der Waals surface area contributed by atoms with Crippen LogP contribution in [0.1, 0.15) is 84.5 Å². The minimum atomic E-state index is -1.22. The zero-order valence-electron chi connectivity index (χ0n) is 20.5. The van der Waals surface area contributed by atoms with Crippen LogP contribution < -0.4 is 10.2 Å². The standard InChI is InChI=1S/C26H34N4O4/c1-5-34-24(32)20-15-22-23(31)30(21-14-17(2)12-13-18(21)3)26(4,16-29(22)28-20)25(33)27-19-10-8-6-7-9-11-19/h12-15,19H,5-11,16H2,1-4H3,(H,27,33)/t26-/m0/s1. The van der Waals surface area contributed by atoms with Gasteiger partial charge in [0, 0.05) is 17.8 Å². The summed E-state index contributed by atoms with van der Waals surface area (Å²) in [5.74, 6) is -1.14. The second kappa shape index (κ2) is 9.60. The molecule has 1 aromatic carbocycles. The molecule has 2 aliphatic rings. The molecule has 34 heavy (non-hydrogen) atoms. The van der Waals surface area contributed by atoms with E-state index in [1.165, 1.54) is 23.6 Å². The van der Waals surface area contributed by atoms with Gasteiger partial charge in [0.05, 0.1) is 13.2 Å². The predicted molar refractivity (Wildman–Crippen MR) is 129 cm³/mol. The number of nitrogens with zero attached hydrogens (tertiary/aromatic N) is 3. The molecule has 1 atom stereocenters. The van der Waals surface area contributed by atoms with E-state index in [9.17, 15) is 14.4 Å². The second-order valence-electron chi connectivity index (χ2n) is 9.66. The van der Waals surface area contributed by atoms with Crippen molar-refractivity contribution in [3.05, 3.63) is 46.8 Å². The molecule has 1 aromatic heterocycles. The molecular formula is C26H34N4O4. The average Bonchev–Trinajstić information content (AvgIpc) is 3.05. The minimum Gasteiger partial charge on any atom is -0.461 e. The highest BCUT2D eigenvalue weighted by molar-refractivity contribution is 6.12. The molecule has 0 spiro atoms. The van der Waals surface area contributed by atoms with Gasteiger partial charge in [0.25, 0.3) is 5.91 Å².